The molecule has 3 aromatic heterocycles. The van der Waals surface area contributed by atoms with Crippen molar-refractivity contribution in [2.24, 2.45) is 7.05 Å². The minimum absolute atomic E-state index is 0.189. The third-order valence-corrected chi connectivity index (χ3v) is 8.84. The standard InChI is InChI=1S/C36H40FN3O4/c1-7-28-31(39-34(38-28)22-11-9-8-10-12-22)30-18-26-33(44-30)27(19-40(6)35(26)41)25-17-23(36(4,5)42)13-14-29(25)43-32-20(2)15-24(37)16-21(32)3/h13-19,22,42H,7-12H2,1-6H3,(H,38,39). The molecule has 1 aliphatic rings. The van der Waals surface area contributed by atoms with E-state index in [-0.39, 0.29) is 11.4 Å². The first-order valence-electron chi connectivity index (χ1n) is 15.5. The van der Waals surface area contributed by atoms with Crippen LogP contribution in [0.4, 0.5) is 4.39 Å². The Hall–Kier alpha value is -4.17. The molecule has 6 rings (SSSR count). The highest BCUT2D eigenvalue weighted by Crippen LogP contribution is 2.42. The Morgan fingerprint density at radius 2 is 1.80 bits per heavy atom. The fourth-order valence-corrected chi connectivity index (χ4v) is 6.40. The van der Waals surface area contributed by atoms with Crippen LogP contribution in [-0.4, -0.2) is 19.6 Å². The van der Waals surface area contributed by atoms with Crippen LogP contribution in [0.5, 0.6) is 11.5 Å². The number of furan rings is 1. The highest BCUT2D eigenvalue weighted by molar-refractivity contribution is 5.95. The number of aromatic amines is 1. The molecule has 1 fully saturated rings. The molecule has 0 radical (unpaired) electrons. The minimum Gasteiger partial charge on any atom is -0.456 e. The van der Waals surface area contributed by atoms with Gasteiger partial charge in [0.15, 0.2) is 5.76 Å². The van der Waals surface area contributed by atoms with Crippen molar-refractivity contribution in [3.63, 3.8) is 0 Å². The van der Waals surface area contributed by atoms with Crippen molar-refractivity contribution in [2.45, 2.75) is 84.7 Å². The van der Waals surface area contributed by atoms with Crippen molar-refractivity contribution < 1.29 is 18.7 Å². The molecule has 7 nitrogen and oxygen atoms in total. The van der Waals surface area contributed by atoms with Crippen molar-refractivity contribution in [2.75, 3.05) is 0 Å². The Balaban J connectivity index is 1.54. The van der Waals surface area contributed by atoms with E-state index in [1.807, 2.05) is 12.1 Å². The predicted molar refractivity (Wildman–Crippen MR) is 171 cm³/mol. The number of hydrogen-bond acceptors (Lipinski definition) is 5. The molecule has 230 valence electrons. The van der Waals surface area contributed by atoms with Crippen LogP contribution in [0.2, 0.25) is 0 Å². The molecule has 0 bridgehead atoms. The molecule has 0 spiro atoms. The van der Waals surface area contributed by atoms with Gasteiger partial charge in [-0.2, -0.15) is 0 Å². The Morgan fingerprint density at radius 1 is 1.09 bits per heavy atom. The minimum atomic E-state index is -1.14. The van der Waals surface area contributed by atoms with Crippen LogP contribution in [0.25, 0.3) is 33.6 Å². The molecule has 1 saturated carbocycles. The van der Waals surface area contributed by atoms with Crippen LogP contribution < -0.4 is 10.3 Å². The number of aromatic nitrogens is 3. The maximum absolute atomic E-state index is 14.1. The molecule has 3 heterocycles. The summed E-state index contributed by atoms with van der Waals surface area (Å²) in [7, 11) is 1.71. The normalized spacial score (nSPS) is 14.5. The van der Waals surface area contributed by atoms with Crippen LogP contribution >= 0.6 is 0 Å². The second kappa shape index (κ2) is 11.4. The molecule has 0 unspecified atom stereocenters. The summed E-state index contributed by atoms with van der Waals surface area (Å²) in [5.74, 6) is 2.63. The zero-order valence-electron chi connectivity index (χ0n) is 26.3. The summed E-state index contributed by atoms with van der Waals surface area (Å²) in [4.78, 5) is 22.0. The monoisotopic (exact) mass is 597 g/mol. The van der Waals surface area contributed by atoms with E-state index in [0.29, 0.717) is 62.0 Å². The lowest BCUT2D eigenvalue weighted by atomic mass is 9.89. The van der Waals surface area contributed by atoms with E-state index in [1.165, 1.54) is 36.0 Å². The Morgan fingerprint density at radius 3 is 2.45 bits per heavy atom. The first-order chi connectivity index (χ1) is 20.9. The lowest BCUT2D eigenvalue weighted by molar-refractivity contribution is 0.0786. The Bertz CT molecular complexity index is 1900. The first kappa shape index (κ1) is 29.9. The largest absolute Gasteiger partial charge is 0.456 e. The van der Waals surface area contributed by atoms with E-state index in [2.05, 4.69) is 11.9 Å². The predicted octanol–water partition coefficient (Wildman–Crippen LogP) is 8.57. The molecule has 44 heavy (non-hydrogen) atoms. The fraction of sp³-hybridized carbons (Fsp3) is 0.389. The summed E-state index contributed by atoms with van der Waals surface area (Å²) < 4.78 is 28.7. The average molecular weight is 598 g/mol. The van der Waals surface area contributed by atoms with E-state index in [4.69, 9.17) is 14.1 Å². The molecule has 0 saturated heterocycles. The van der Waals surface area contributed by atoms with E-state index in [0.717, 1.165) is 36.5 Å². The number of ether oxygens (including phenoxy) is 1. The number of aryl methyl sites for hydroxylation is 4. The number of imidazole rings is 1. The van der Waals surface area contributed by atoms with E-state index < -0.39 is 5.60 Å². The van der Waals surface area contributed by atoms with Gasteiger partial charge < -0.3 is 23.8 Å². The van der Waals surface area contributed by atoms with E-state index in [9.17, 15) is 14.3 Å². The molecule has 2 aromatic carbocycles. The van der Waals surface area contributed by atoms with Gasteiger partial charge in [-0.3, -0.25) is 4.79 Å². The summed E-state index contributed by atoms with van der Waals surface area (Å²) in [6.45, 7) is 9.12. The second-order valence-corrected chi connectivity index (χ2v) is 12.7. The van der Waals surface area contributed by atoms with Crippen LogP contribution in [0.1, 0.15) is 87.0 Å². The van der Waals surface area contributed by atoms with Gasteiger partial charge in [0.05, 0.1) is 11.0 Å². The lowest BCUT2D eigenvalue weighted by Gasteiger charge is -2.21. The van der Waals surface area contributed by atoms with E-state index >= 15 is 0 Å². The van der Waals surface area contributed by atoms with Gasteiger partial charge in [0.2, 0.25) is 0 Å². The summed E-state index contributed by atoms with van der Waals surface area (Å²) in [5.41, 5.74) is 4.06. The zero-order valence-corrected chi connectivity index (χ0v) is 26.3. The number of rotatable bonds is 7. The molecule has 0 amide bonds. The topological polar surface area (TPSA) is 93.3 Å². The van der Waals surface area contributed by atoms with Gasteiger partial charge in [-0.25, -0.2) is 9.37 Å². The van der Waals surface area contributed by atoms with Gasteiger partial charge in [0, 0.05) is 36.0 Å². The van der Waals surface area contributed by atoms with Crippen LogP contribution in [0.15, 0.2) is 51.8 Å². The SMILES string of the molecule is CCc1[nH]c(C2CCCCC2)nc1-c1cc2c(=O)n(C)cc(-c3cc(C(C)(C)O)ccc3Oc3c(C)cc(F)cc3C)c2o1. The molecular formula is C36H40FN3O4. The first-order valence-corrected chi connectivity index (χ1v) is 15.5. The molecule has 2 N–H and O–H groups in total. The second-order valence-electron chi connectivity index (χ2n) is 12.7. The molecule has 0 atom stereocenters. The maximum Gasteiger partial charge on any atom is 0.261 e. The van der Waals surface area contributed by atoms with Gasteiger partial charge in [-0.15, -0.1) is 0 Å². The third kappa shape index (κ3) is 5.47. The number of H-pyrrole nitrogens is 1. The van der Waals surface area contributed by atoms with Crippen LogP contribution in [0.3, 0.4) is 0 Å². The third-order valence-electron chi connectivity index (χ3n) is 8.84. The van der Waals surface area contributed by atoms with Crippen molar-refractivity contribution in [1.29, 1.82) is 0 Å². The van der Waals surface area contributed by atoms with Gasteiger partial charge in [0.1, 0.15) is 34.4 Å². The molecule has 5 aromatic rings. The summed E-state index contributed by atoms with van der Waals surface area (Å²) in [6, 6.07) is 10.1. The van der Waals surface area contributed by atoms with Gasteiger partial charge >= 0.3 is 0 Å². The van der Waals surface area contributed by atoms with Crippen molar-refractivity contribution in [3.05, 3.63) is 87.0 Å². The number of halogens is 1. The smallest absolute Gasteiger partial charge is 0.261 e. The lowest BCUT2D eigenvalue weighted by Crippen LogP contribution is -2.17. The quantitative estimate of drug-likeness (QED) is 0.196. The average Bonchev–Trinajstić information content (AvgIpc) is 3.62. The van der Waals surface area contributed by atoms with Gasteiger partial charge in [-0.05, 0) is 94.0 Å². The number of pyridine rings is 1. The number of aliphatic hydroxyl groups is 1. The Labute approximate surface area is 256 Å². The molecule has 8 heteroatoms. The molecular weight excluding hydrogens is 557 g/mol. The number of benzene rings is 2. The summed E-state index contributed by atoms with van der Waals surface area (Å²) in [6.07, 6.45) is 8.40. The zero-order chi connectivity index (χ0) is 31.3. The summed E-state index contributed by atoms with van der Waals surface area (Å²) in [5, 5.41) is 11.3. The van der Waals surface area contributed by atoms with Gasteiger partial charge in [-0.1, -0.05) is 32.3 Å². The van der Waals surface area contributed by atoms with Gasteiger partial charge in [0.25, 0.3) is 5.56 Å². The highest BCUT2D eigenvalue weighted by Gasteiger charge is 2.26. The summed E-state index contributed by atoms with van der Waals surface area (Å²) >= 11 is 0. The number of nitrogens with zero attached hydrogens (tertiary/aromatic N) is 2. The van der Waals surface area contributed by atoms with Crippen LogP contribution in [0, 0.1) is 19.7 Å². The van der Waals surface area contributed by atoms with Crippen molar-refractivity contribution >= 4 is 11.0 Å². The number of hydrogen-bond donors (Lipinski definition) is 2. The fourth-order valence-electron chi connectivity index (χ4n) is 6.40. The van der Waals surface area contributed by atoms with Crippen LogP contribution in [-0.2, 0) is 19.1 Å². The number of nitrogens with one attached hydrogen (secondary N) is 1. The van der Waals surface area contributed by atoms with Crippen molar-refractivity contribution in [1.82, 2.24) is 14.5 Å². The molecule has 1 aliphatic carbocycles. The number of fused-ring (bicyclic) bond motifs is 1. The van der Waals surface area contributed by atoms with E-state index in [1.54, 1.807) is 53.1 Å². The molecule has 0 aliphatic heterocycles. The highest BCUT2D eigenvalue weighted by atomic mass is 19.1. The maximum atomic E-state index is 14.1. The van der Waals surface area contributed by atoms with Crippen molar-refractivity contribution in [3.8, 4) is 34.1 Å². The Kier molecular flexibility index (Phi) is 7.74.